The summed E-state index contributed by atoms with van der Waals surface area (Å²) < 4.78 is 55.8. The fraction of sp³-hybridized carbons (Fsp3) is 0.250. The van der Waals surface area contributed by atoms with Crippen molar-refractivity contribution < 1.29 is 21.9 Å². The summed E-state index contributed by atoms with van der Waals surface area (Å²) in [6.45, 7) is -0.702. The SMILES string of the molecule is Cl.NC(CNS(=O)(=O)c1ccc(OCC(F)F)cc1)c1ccccc1. The average molecular weight is 393 g/mol. The quantitative estimate of drug-likeness (QED) is 0.723. The van der Waals surface area contributed by atoms with Crippen LogP contribution in [0.5, 0.6) is 5.75 Å². The molecule has 0 spiro atoms. The molecular weight excluding hydrogens is 374 g/mol. The highest BCUT2D eigenvalue weighted by molar-refractivity contribution is 7.89. The standard InChI is InChI=1S/C16H18F2N2O3S.ClH/c17-16(18)11-23-13-6-8-14(9-7-13)24(21,22)20-10-15(19)12-4-2-1-3-5-12;/h1-9,15-16,20H,10-11,19H2;1H. The Morgan fingerprint density at radius 1 is 1.04 bits per heavy atom. The Bertz CT molecular complexity index is 744. The second-order valence-electron chi connectivity index (χ2n) is 5.04. The maximum absolute atomic E-state index is 12.2. The second kappa shape index (κ2) is 9.67. The lowest BCUT2D eigenvalue weighted by Gasteiger charge is -2.14. The van der Waals surface area contributed by atoms with Gasteiger partial charge in [-0.25, -0.2) is 21.9 Å². The van der Waals surface area contributed by atoms with Crippen molar-refractivity contribution in [1.82, 2.24) is 4.72 Å². The molecule has 0 radical (unpaired) electrons. The van der Waals surface area contributed by atoms with Crippen LogP contribution in [-0.2, 0) is 10.0 Å². The summed E-state index contributed by atoms with van der Waals surface area (Å²) in [5.74, 6) is 0.176. The van der Waals surface area contributed by atoms with E-state index in [2.05, 4.69) is 4.72 Å². The normalized spacial score (nSPS) is 12.5. The van der Waals surface area contributed by atoms with E-state index in [9.17, 15) is 17.2 Å². The monoisotopic (exact) mass is 392 g/mol. The number of nitrogens with two attached hydrogens (primary N) is 1. The van der Waals surface area contributed by atoms with E-state index in [0.717, 1.165) is 5.56 Å². The van der Waals surface area contributed by atoms with Crippen molar-refractivity contribution in [2.24, 2.45) is 5.73 Å². The zero-order valence-corrected chi connectivity index (χ0v) is 14.8. The molecule has 25 heavy (non-hydrogen) atoms. The van der Waals surface area contributed by atoms with Crippen LogP contribution in [0.25, 0.3) is 0 Å². The van der Waals surface area contributed by atoms with E-state index >= 15 is 0 Å². The van der Waals surface area contributed by atoms with Gasteiger partial charge >= 0.3 is 0 Å². The molecule has 0 saturated carbocycles. The lowest BCUT2D eigenvalue weighted by molar-refractivity contribution is 0.0819. The van der Waals surface area contributed by atoms with Crippen LogP contribution in [0.1, 0.15) is 11.6 Å². The molecule has 2 aromatic carbocycles. The van der Waals surface area contributed by atoms with Crippen LogP contribution in [0.2, 0.25) is 0 Å². The fourth-order valence-corrected chi connectivity index (χ4v) is 3.04. The number of benzene rings is 2. The molecule has 2 rings (SSSR count). The summed E-state index contributed by atoms with van der Waals surface area (Å²) in [6, 6.07) is 13.9. The molecule has 0 aliphatic heterocycles. The number of sulfonamides is 1. The highest BCUT2D eigenvalue weighted by Crippen LogP contribution is 2.17. The molecule has 2 aromatic rings. The number of hydrogen-bond donors (Lipinski definition) is 2. The number of alkyl halides is 2. The zero-order chi connectivity index (χ0) is 17.6. The Kier molecular flexibility index (Phi) is 8.24. The predicted molar refractivity (Wildman–Crippen MR) is 93.7 cm³/mol. The van der Waals surface area contributed by atoms with Gasteiger partial charge in [-0.3, -0.25) is 0 Å². The van der Waals surface area contributed by atoms with Crippen molar-refractivity contribution >= 4 is 22.4 Å². The largest absolute Gasteiger partial charge is 0.488 e. The molecular formula is C16H19ClF2N2O3S. The van der Waals surface area contributed by atoms with Crippen LogP contribution in [0.3, 0.4) is 0 Å². The van der Waals surface area contributed by atoms with E-state index in [0.29, 0.717) is 0 Å². The van der Waals surface area contributed by atoms with Gasteiger partial charge in [0.15, 0.2) is 0 Å². The van der Waals surface area contributed by atoms with E-state index < -0.39 is 29.1 Å². The Hall–Kier alpha value is -1.74. The Labute approximate surface area is 151 Å². The first kappa shape index (κ1) is 21.3. The minimum Gasteiger partial charge on any atom is -0.488 e. The van der Waals surface area contributed by atoms with Crippen molar-refractivity contribution in [2.75, 3.05) is 13.2 Å². The third-order valence-electron chi connectivity index (χ3n) is 3.23. The van der Waals surface area contributed by atoms with E-state index in [4.69, 9.17) is 10.5 Å². The Balaban J connectivity index is 0.00000312. The van der Waals surface area contributed by atoms with Gasteiger partial charge in [0.1, 0.15) is 12.4 Å². The zero-order valence-electron chi connectivity index (χ0n) is 13.1. The molecule has 0 aromatic heterocycles. The summed E-state index contributed by atoms with van der Waals surface area (Å²) >= 11 is 0. The molecule has 9 heteroatoms. The van der Waals surface area contributed by atoms with E-state index in [1.54, 1.807) is 0 Å². The predicted octanol–water partition coefficient (Wildman–Crippen LogP) is 2.73. The molecule has 0 aliphatic rings. The highest BCUT2D eigenvalue weighted by atomic mass is 35.5. The highest BCUT2D eigenvalue weighted by Gasteiger charge is 2.16. The van der Waals surface area contributed by atoms with Gasteiger partial charge in [-0.15, -0.1) is 12.4 Å². The average Bonchev–Trinajstić information content (AvgIpc) is 2.59. The van der Waals surface area contributed by atoms with Crippen molar-refractivity contribution in [3.63, 3.8) is 0 Å². The maximum atomic E-state index is 12.2. The molecule has 3 N–H and O–H groups in total. The number of hydrogen-bond acceptors (Lipinski definition) is 4. The Morgan fingerprint density at radius 2 is 1.64 bits per heavy atom. The first-order valence-corrected chi connectivity index (χ1v) is 8.68. The van der Waals surface area contributed by atoms with Gasteiger partial charge in [0.2, 0.25) is 10.0 Å². The van der Waals surface area contributed by atoms with E-state index in [-0.39, 0.29) is 29.6 Å². The van der Waals surface area contributed by atoms with Crippen molar-refractivity contribution in [3.8, 4) is 5.75 Å². The van der Waals surface area contributed by atoms with Crippen molar-refractivity contribution in [2.45, 2.75) is 17.4 Å². The van der Waals surface area contributed by atoms with Gasteiger partial charge in [0.05, 0.1) is 4.90 Å². The topological polar surface area (TPSA) is 81.4 Å². The van der Waals surface area contributed by atoms with Crippen molar-refractivity contribution in [3.05, 3.63) is 60.2 Å². The molecule has 0 aliphatic carbocycles. The molecule has 0 bridgehead atoms. The van der Waals surface area contributed by atoms with Gasteiger partial charge in [-0.05, 0) is 29.8 Å². The fourth-order valence-electron chi connectivity index (χ4n) is 1.98. The Morgan fingerprint density at radius 3 is 2.20 bits per heavy atom. The van der Waals surface area contributed by atoms with E-state index in [1.807, 2.05) is 30.3 Å². The first-order chi connectivity index (χ1) is 11.4. The lowest BCUT2D eigenvalue weighted by atomic mass is 10.1. The maximum Gasteiger partial charge on any atom is 0.272 e. The molecule has 1 unspecified atom stereocenters. The van der Waals surface area contributed by atoms with Gasteiger partial charge in [0, 0.05) is 12.6 Å². The number of ether oxygens (including phenoxy) is 1. The second-order valence-corrected chi connectivity index (χ2v) is 6.81. The minimum absolute atomic E-state index is 0. The molecule has 138 valence electrons. The van der Waals surface area contributed by atoms with Gasteiger partial charge in [-0.1, -0.05) is 30.3 Å². The molecule has 1 atom stereocenters. The van der Waals surface area contributed by atoms with Crippen LogP contribution < -0.4 is 15.2 Å². The van der Waals surface area contributed by atoms with Crippen LogP contribution in [-0.4, -0.2) is 28.0 Å². The van der Waals surface area contributed by atoms with E-state index in [1.165, 1.54) is 24.3 Å². The van der Waals surface area contributed by atoms with Gasteiger partial charge in [0.25, 0.3) is 6.43 Å². The van der Waals surface area contributed by atoms with Crippen LogP contribution in [0.15, 0.2) is 59.5 Å². The van der Waals surface area contributed by atoms with Crippen LogP contribution in [0.4, 0.5) is 8.78 Å². The van der Waals surface area contributed by atoms with Gasteiger partial charge < -0.3 is 10.5 Å². The number of rotatable bonds is 8. The third kappa shape index (κ3) is 6.58. The molecule has 5 nitrogen and oxygen atoms in total. The lowest BCUT2D eigenvalue weighted by Crippen LogP contribution is -2.31. The first-order valence-electron chi connectivity index (χ1n) is 7.19. The summed E-state index contributed by atoms with van der Waals surface area (Å²) in [6.07, 6.45) is -2.59. The minimum atomic E-state index is -3.75. The summed E-state index contributed by atoms with van der Waals surface area (Å²) in [7, 11) is -3.75. The third-order valence-corrected chi connectivity index (χ3v) is 4.67. The molecule has 0 saturated heterocycles. The van der Waals surface area contributed by atoms with Crippen molar-refractivity contribution in [1.29, 1.82) is 0 Å². The number of halogens is 3. The molecule has 0 heterocycles. The molecule has 0 amide bonds. The summed E-state index contributed by atoms with van der Waals surface area (Å²) in [4.78, 5) is 0.00663. The summed E-state index contributed by atoms with van der Waals surface area (Å²) in [5.41, 5.74) is 6.77. The smallest absolute Gasteiger partial charge is 0.272 e. The molecule has 0 fully saturated rings. The number of nitrogens with one attached hydrogen (secondary N) is 1. The summed E-state index contributed by atoms with van der Waals surface area (Å²) in [5, 5.41) is 0. The van der Waals surface area contributed by atoms with Crippen LogP contribution in [0, 0.1) is 0 Å². The van der Waals surface area contributed by atoms with Crippen LogP contribution >= 0.6 is 12.4 Å². The van der Waals surface area contributed by atoms with Gasteiger partial charge in [-0.2, -0.15) is 0 Å².